The molecule has 0 spiro atoms. The molecule has 1 heterocycles. The van der Waals surface area contributed by atoms with Crippen molar-refractivity contribution >= 4 is 31.9 Å². The monoisotopic (exact) mass is 341 g/mol. The Morgan fingerprint density at radius 1 is 1.25 bits per heavy atom. The molecule has 1 aliphatic carbocycles. The van der Waals surface area contributed by atoms with Crippen molar-refractivity contribution in [2.45, 2.75) is 18.8 Å². The third-order valence-electron chi connectivity index (χ3n) is 2.64. The van der Waals surface area contributed by atoms with Crippen molar-refractivity contribution in [1.29, 1.82) is 0 Å². The van der Waals surface area contributed by atoms with Crippen molar-refractivity contribution in [3.05, 3.63) is 33.0 Å². The zero-order valence-electron chi connectivity index (χ0n) is 8.37. The lowest BCUT2D eigenvalue weighted by Gasteiger charge is -1.99. The number of benzene rings is 1. The Labute approximate surface area is 110 Å². The van der Waals surface area contributed by atoms with Gasteiger partial charge in [0.15, 0.2) is 5.82 Å². The Morgan fingerprint density at radius 2 is 2.06 bits per heavy atom. The second-order valence-corrected chi connectivity index (χ2v) is 5.71. The van der Waals surface area contributed by atoms with Crippen LogP contribution in [0.1, 0.15) is 24.6 Å². The first-order chi connectivity index (χ1) is 7.74. The van der Waals surface area contributed by atoms with Gasteiger partial charge in [0.2, 0.25) is 0 Å². The van der Waals surface area contributed by atoms with E-state index in [2.05, 4.69) is 47.0 Å². The number of nitrogens with zero attached hydrogens (tertiary/aromatic N) is 2. The summed E-state index contributed by atoms with van der Waals surface area (Å²) < 4.78 is 2.05. The van der Waals surface area contributed by atoms with Gasteiger partial charge in [-0.25, -0.2) is 4.98 Å². The molecule has 2 aromatic rings. The molecule has 0 radical (unpaired) electrons. The minimum absolute atomic E-state index is 0.607. The number of hydrogen-bond donors (Lipinski definition) is 1. The first-order valence-electron chi connectivity index (χ1n) is 5.12. The van der Waals surface area contributed by atoms with Crippen LogP contribution in [-0.2, 0) is 0 Å². The molecule has 16 heavy (non-hydrogen) atoms. The second kappa shape index (κ2) is 3.96. The van der Waals surface area contributed by atoms with Gasteiger partial charge in [0.25, 0.3) is 0 Å². The van der Waals surface area contributed by atoms with Crippen molar-refractivity contribution in [3.63, 3.8) is 0 Å². The lowest BCUT2D eigenvalue weighted by molar-refractivity contribution is 0.935. The van der Waals surface area contributed by atoms with Crippen LogP contribution >= 0.6 is 31.9 Å². The van der Waals surface area contributed by atoms with Crippen molar-refractivity contribution in [2.75, 3.05) is 0 Å². The molecule has 1 aromatic heterocycles. The minimum Gasteiger partial charge on any atom is -0.262 e. The van der Waals surface area contributed by atoms with Gasteiger partial charge >= 0.3 is 0 Å². The Balaban J connectivity index is 2.00. The summed E-state index contributed by atoms with van der Waals surface area (Å²) in [5, 5.41) is 7.27. The third kappa shape index (κ3) is 1.94. The molecule has 82 valence electrons. The van der Waals surface area contributed by atoms with Gasteiger partial charge in [-0.15, -0.1) is 0 Å². The summed E-state index contributed by atoms with van der Waals surface area (Å²) in [5.41, 5.74) is 1.02. The van der Waals surface area contributed by atoms with E-state index < -0.39 is 0 Å². The number of aromatic nitrogens is 3. The number of aromatic amines is 1. The normalized spacial score (nSPS) is 15.4. The van der Waals surface area contributed by atoms with Crippen molar-refractivity contribution in [2.24, 2.45) is 0 Å². The van der Waals surface area contributed by atoms with E-state index in [9.17, 15) is 0 Å². The smallest absolute Gasteiger partial charge is 0.182 e. The van der Waals surface area contributed by atoms with E-state index in [1.54, 1.807) is 0 Å². The van der Waals surface area contributed by atoms with Crippen LogP contribution in [0, 0.1) is 0 Å². The fourth-order valence-corrected chi connectivity index (χ4v) is 2.83. The highest BCUT2D eigenvalue weighted by Crippen LogP contribution is 2.39. The molecule has 5 heteroatoms. The van der Waals surface area contributed by atoms with Crippen molar-refractivity contribution < 1.29 is 0 Å². The summed E-state index contributed by atoms with van der Waals surface area (Å²) in [6.45, 7) is 0. The number of halogens is 2. The summed E-state index contributed by atoms with van der Waals surface area (Å²) in [4.78, 5) is 4.52. The molecule has 0 atom stereocenters. The van der Waals surface area contributed by atoms with E-state index in [0.29, 0.717) is 5.92 Å². The first kappa shape index (κ1) is 10.5. The van der Waals surface area contributed by atoms with Crippen LogP contribution < -0.4 is 0 Å². The maximum absolute atomic E-state index is 4.52. The standard InChI is InChI=1S/C11H9Br2N3/c12-7-3-4-8(9(13)5-7)11-14-10(15-16-11)6-1-2-6/h3-6H,1-2H2,(H,14,15,16). The van der Waals surface area contributed by atoms with Gasteiger partial charge in [-0.2, -0.15) is 5.10 Å². The Hall–Kier alpha value is -0.680. The molecular weight excluding hydrogens is 334 g/mol. The van der Waals surface area contributed by atoms with Crippen LogP contribution in [0.3, 0.4) is 0 Å². The highest BCUT2D eigenvalue weighted by molar-refractivity contribution is 9.11. The summed E-state index contributed by atoms with van der Waals surface area (Å²) in [5.74, 6) is 2.39. The van der Waals surface area contributed by atoms with Crippen molar-refractivity contribution in [3.8, 4) is 11.4 Å². The summed E-state index contributed by atoms with van der Waals surface area (Å²) in [6.07, 6.45) is 2.46. The fourth-order valence-electron chi connectivity index (χ4n) is 1.60. The fraction of sp³-hybridized carbons (Fsp3) is 0.273. The van der Waals surface area contributed by atoms with Crippen LogP contribution in [-0.4, -0.2) is 15.2 Å². The molecule has 1 aromatic carbocycles. The van der Waals surface area contributed by atoms with E-state index in [1.807, 2.05) is 18.2 Å². The quantitative estimate of drug-likeness (QED) is 0.899. The van der Waals surface area contributed by atoms with Crippen LogP contribution in [0.2, 0.25) is 0 Å². The molecule has 1 N–H and O–H groups in total. The Kier molecular flexibility index (Phi) is 2.59. The highest BCUT2D eigenvalue weighted by Gasteiger charge is 2.27. The van der Waals surface area contributed by atoms with Crippen LogP contribution in [0.5, 0.6) is 0 Å². The average Bonchev–Trinajstić information content (AvgIpc) is 2.98. The average molecular weight is 343 g/mol. The van der Waals surface area contributed by atoms with Crippen LogP contribution in [0.25, 0.3) is 11.4 Å². The molecule has 3 nitrogen and oxygen atoms in total. The largest absolute Gasteiger partial charge is 0.262 e. The summed E-state index contributed by atoms with van der Waals surface area (Å²) in [6, 6.07) is 6.00. The molecule has 1 fully saturated rings. The van der Waals surface area contributed by atoms with E-state index in [0.717, 1.165) is 26.2 Å². The number of hydrogen-bond acceptors (Lipinski definition) is 2. The molecule has 1 aliphatic rings. The molecular formula is C11H9Br2N3. The van der Waals surface area contributed by atoms with Crippen LogP contribution in [0.15, 0.2) is 27.1 Å². The van der Waals surface area contributed by atoms with E-state index in [1.165, 1.54) is 12.8 Å². The molecule has 0 saturated heterocycles. The highest BCUT2D eigenvalue weighted by atomic mass is 79.9. The maximum atomic E-state index is 4.52. The van der Waals surface area contributed by atoms with Gasteiger partial charge in [0, 0.05) is 20.4 Å². The minimum atomic E-state index is 0.607. The van der Waals surface area contributed by atoms with Gasteiger partial charge in [-0.05, 0) is 47.0 Å². The lowest BCUT2D eigenvalue weighted by atomic mass is 10.2. The second-order valence-electron chi connectivity index (χ2n) is 3.94. The zero-order chi connectivity index (χ0) is 11.1. The lowest BCUT2D eigenvalue weighted by Crippen LogP contribution is -1.84. The number of nitrogens with one attached hydrogen (secondary N) is 1. The van der Waals surface area contributed by atoms with Gasteiger partial charge in [-0.1, -0.05) is 15.9 Å². The molecule has 0 unspecified atom stereocenters. The van der Waals surface area contributed by atoms with Crippen LogP contribution in [0.4, 0.5) is 0 Å². The molecule has 3 rings (SSSR count). The first-order valence-corrected chi connectivity index (χ1v) is 6.70. The van der Waals surface area contributed by atoms with Gasteiger partial charge in [-0.3, -0.25) is 5.10 Å². The molecule has 0 aliphatic heterocycles. The number of rotatable bonds is 2. The van der Waals surface area contributed by atoms with E-state index in [4.69, 9.17) is 0 Å². The predicted molar refractivity (Wildman–Crippen MR) is 69.2 cm³/mol. The predicted octanol–water partition coefficient (Wildman–Crippen LogP) is 3.87. The Bertz CT molecular complexity index is 532. The Morgan fingerprint density at radius 3 is 2.75 bits per heavy atom. The maximum Gasteiger partial charge on any atom is 0.182 e. The molecule has 1 saturated carbocycles. The topological polar surface area (TPSA) is 41.6 Å². The van der Waals surface area contributed by atoms with Gasteiger partial charge in [0.05, 0.1) is 0 Å². The number of H-pyrrole nitrogens is 1. The van der Waals surface area contributed by atoms with Crippen molar-refractivity contribution in [1.82, 2.24) is 15.2 Å². The van der Waals surface area contributed by atoms with Gasteiger partial charge in [0.1, 0.15) is 5.82 Å². The third-order valence-corrected chi connectivity index (χ3v) is 3.79. The summed E-state index contributed by atoms with van der Waals surface area (Å²) in [7, 11) is 0. The van der Waals surface area contributed by atoms with Gasteiger partial charge < -0.3 is 0 Å². The molecule has 0 bridgehead atoms. The zero-order valence-corrected chi connectivity index (χ0v) is 11.5. The van der Waals surface area contributed by atoms with E-state index >= 15 is 0 Å². The molecule has 0 amide bonds. The van der Waals surface area contributed by atoms with E-state index in [-0.39, 0.29) is 0 Å². The SMILES string of the molecule is Brc1ccc(-c2n[nH]c(C3CC3)n2)c(Br)c1. The summed E-state index contributed by atoms with van der Waals surface area (Å²) >= 11 is 6.95.